The highest BCUT2D eigenvalue weighted by Crippen LogP contribution is 2.25. The molecule has 0 amide bonds. The molecule has 0 heterocycles. The molecule has 4 aromatic carbocycles. The van der Waals surface area contributed by atoms with Crippen LogP contribution >= 0.6 is 0 Å². The zero-order valence-electron chi connectivity index (χ0n) is 17.7. The largest absolute Gasteiger partial charge is 0.497 e. The quantitative estimate of drug-likeness (QED) is 0.247. The minimum absolute atomic E-state index is 0.0587. The summed E-state index contributed by atoms with van der Waals surface area (Å²) in [6.07, 6.45) is 3.17. The van der Waals surface area contributed by atoms with Crippen molar-refractivity contribution >= 4 is 11.5 Å². The molecule has 4 rings (SSSR count). The Morgan fingerprint density at radius 1 is 0.688 bits per heavy atom. The zero-order valence-corrected chi connectivity index (χ0v) is 17.7. The molecule has 0 saturated carbocycles. The van der Waals surface area contributed by atoms with Gasteiger partial charge in [-0.1, -0.05) is 54.6 Å². The van der Waals surface area contributed by atoms with Gasteiger partial charge in [0.1, 0.15) is 17.2 Å². The van der Waals surface area contributed by atoms with E-state index in [2.05, 4.69) is 5.32 Å². The molecule has 0 unspecified atom stereocenters. The van der Waals surface area contributed by atoms with Crippen molar-refractivity contribution in [1.29, 1.82) is 0 Å². The van der Waals surface area contributed by atoms with Crippen molar-refractivity contribution in [3.63, 3.8) is 0 Å². The second-order valence-corrected chi connectivity index (χ2v) is 7.09. The Morgan fingerprint density at radius 3 is 1.88 bits per heavy atom. The Kier molecular flexibility index (Phi) is 6.63. The second kappa shape index (κ2) is 10.1. The van der Waals surface area contributed by atoms with Crippen LogP contribution in [0.25, 0.3) is 11.1 Å². The highest BCUT2D eigenvalue weighted by atomic mass is 16.5. The highest BCUT2D eigenvalue weighted by molar-refractivity contribution is 6.04. The number of ketones is 1. The first-order valence-electron chi connectivity index (χ1n) is 10.3. The van der Waals surface area contributed by atoms with Crippen molar-refractivity contribution < 1.29 is 14.3 Å². The molecule has 0 aliphatic heterocycles. The maximum absolute atomic E-state index is 12.4. The Balaban J connectivity index is 1.31. The molecule has 0 saturated heterocycles. The van der Waals surface area contributed by atoms with Crippen LogP contribution in [0.2, 0.25) is 0 Å². The zero-order chi connectivity index (χ0) is 22.2. The van der Waals surface area contributed by atoms with Crippen molar-refractivity contribution in [1.82, 2.24) is 0 Å². The lowest BCUT2D eigenvalue weighted by molar-refractivity contribution is 0.104. The average Bonchev–Trinajstić information content (AvgIpc) is 2.86. The van der Waals surface area contributed by atoms with Gasteiger partial charge >= 0.3 is 0 Å². The lowest BCUT2D eigenvalue weighted by Gasteiger charge is -2.07. The van der Waals surface area contributed by atoms with Gasteiger partial charge in [0.25, 0.3) is 0 Å². The van der Waals surface area contributed by atoms with Gasteiger partial charge in [-0.2, -0.15) is 0 Å². The first-order chi connectivity index (χ1) is 15.7. The summed E-state index contributed by atoms with van der Waals surface area (Å²) in [4.78, 5) is 12.4. The van der Waals surface area contributed by atoms with E-state index in [0.717, 1.165) is 34.1 Å². The highest BCUT2D eigenvalue weighted by Gasteiger charge is 2.03. The van der Waals surface area contributed by atoms with E-state index < -0.39 is 0 Å². The van der Waals surface area contributed by atoms with Gasteiger partial charge in [-0.25, -0.2) is 0 Å². The standard InChI is InChI=1S/C28H23NO3/c1-31-25-15-17-27(18-16-25)32-26-13-11-24(12-14-26)29-20-19-28(30)23-9-7-22(8-10-23)21-5-3-2-4-6-21/h2-20,29H,1H3/b20-19+. The molecule has 0 aliphatic carbocycles. The summed E-state index contributed by atoms with van der Waals surface area (Å²) >= 11 is 0. The maximum atomic E-state index is 12.4. The van der Waals surface area contributed by atoms with Crippen molar-refractivity contribution in [2.45, 2.75) is 0 Å². The number of nitrogens with one attached hydrogen (secondary N) is 1. The van der Waals surface area contributed by atoms with Crippen molar-refractivity contribution in [2.75, 3.05) is 12.4 Å². The molecule has 0 aromatic heterocycles. The van der Waals surface area contributed by atoms with Gasteiger partial charge in [0.15, 0.2) is 5.78 Å². The van der Waals surface area contributed by atoms with Crippen LogP contribution in [0.4, 0.5) is 5.69 Å². The summed E-state index contributed by atoms with van der Waals surface area (Å²) in [6.45, 7) is 0. The molecule has 0 atom stereocenters. The van der Waals surface area contributed by atoms with Gasteiger partial charge in [-0.3, -0.25) is 4.79 Å². The number of allylic oxidation sites excluding steroid dienone is 1. The Bertz CT molecular complexity index is 1180. The number of carbonyl (C=O) groups excluding carboxylic acids is 1. The number of rotatable bonds is 8. The first-order valence-corrected chi connectivity index (χ1v) is 10.3. The van der Waals surface area contributed by atoms with Gasteiger partial charge in [0.05, 0.1) is 7.11 Å². The minimum atomic E-state index is -0.0587. The van der Waals surface area contributed by atoms with Crippen LogP contribution in [0.5, 0.6) is 17.2 Å². The van der Waals surface area contributed by atoms with Crippen LogP contribution in [0.15, 0.2) is 115 Å². The molecule has 1 N–H and O–H groups in total. The number of carbonyl (C=O) groups is 1. The van der Waals surface area contributed by atoms with Crippen LogP contribution in [-0.4, -0.2) is 12.9 Å². The normalized spacial score (nSPS) is 10.7. The third-order valence-corrected chi connectivity index (χ3v) is 4.91. The first kappa shape index (κ1) is 20.9. The molecular weight excluding hydrogens is 398 g/mol. The number of benzene rings is 4. The Morgan fingerprint density at radius 2 is 1.25 bits per heavy atom. The Hall–Kier alpha value is -4.31. The van der Waals surface area contributed by atoms with Crippen molar-refractivity contribution in [3.8, 4) is 28.4 Å². The molecule has 4 aromatic rings. The van der Waals surface area contributed by atoms with E-state index in [0.29, 0.717) is 5.56 Å². The number of methoxy groups -OCH3 is 1. The van der Waals surface area contributed by atoms with Crippen molar-refractivity contribution in [3.05, 3.63) is 121 Å². The van der Waals surface area contributed by atoms with Crippen LogP contribution in [0.1, 0.15) is 10.4 Å². The molecule has 0 radical (unpaired) electrons. The van der Waals surface area contributed by atoms with Gasteiger partial charge in [-0.05, 0) is 59.7 Å². The molecular formula is C28H23NO3. The third-order valence-electron chi connectivity index (χ3n) is 4.91. The van der Waals surface area contributed by atoms with E-state index in [4.69, 9.17) is 9.47 Å². The second-order valence-electron chi connectivity index (χ2n) is 7.09. The monoisotopic (exact) mass is 421 g/mol. The molecule has 0 fully saturated rings. The molecule has 0 bridgehead atoms. The summed E-state index contributed by atoms with van der Waals surface area (Å²) in [5, 5.41) is 3.12. The third kappa shape index (κ3) is 5.43. The maximum Gasteiger partial charge on any atom is 0.187 e. The predicted molar refractivity (Wildman–Crippen MR) is 128 cm³/mol. The lowest BCUT2D eigenvalue weighted by Crippen LogP contribution is -1.96. The minimum Gasteiger partial charge on any atom is -0.497 e. The summed E-state index contributed by atoms with van der Waals surface area (Å²) in [6, 6.07) is 32.6. The number of hydrogen-bond donors (Lipinski definition) is 1. The van der Waals surface area contributed by atoms with E-state index >= 15 is 0 Å². The fraction of sp³-hybridized carbons (Fsp3) is 0.0357. The topological polar surface area (TPSA) is 47.6 Å². The van der Waals surface area contributed by atoms with E-state index in [-0.39, 0.29) is 5.78 Å². The molecule has 32 heavy (non-hydrogen) atoms. The van der Waals surface area contributed by atoms with Gasteiger partial charge < -0.3 is 14.8 Å². The fourth-order valence-corrected chi connectivity index (χ4v) is 3.17. The van der Waals surface area contributed by atoms with Crippen LogP contribution in [0.3, 0.4) is 0 Å². The summed E-state index contributed by atoms with van der Waals surface area (Å²) in [7, 11) is 1.63. The summed E-state index contributed by atoms with van der Waals surface area (Å²) in [5.41, 5.74) is 3.71. The number of ether oxygens (including phenoxy) is 2. The molecule has 0 aliphatic rings. The van der Waals surface area contributed by atoms with Gasteiger partial charge in [0, 0.05) is 23.5 Å². The molecule has 4 heteroatoms. The van der Waals surface area contributed by atoms with E-state index in [1.165, 1.54) is 6.08 Å². The molecule has 158 valence electrons. The van der Waals surface area contributed by atoms with Crippen LogP contribution < -0.4 is 14.8 Å². The van der Waals surface area contributed by atoms with Crippen LogP contribution in [-0.2, 0) is 0 Å². The van der Waals surface area contributed by atoms with E-state index in [1.807, 2.05) is 103 Å². The van der Waals surface area contributed by atoms with Crippen LogP contribution in [0, 0.1) is 0 Å². The Labute approximate surface area is 187 Å². The lowest BCUT2D eigenvalue weighted by atomic mass is 10.0. The molecule has 0 spiro atoms. The van der Waals surface area contributed by atoms with Crippen molar-refractivity contribution in [2.24, 2.45) is 0 Å². The summed E-state index contributed by atoms with van der Waals surface area (Å²) < 4.78 is 11.0. The fourth-order valence-electron chi connectivity index (χ4n) is 3.17. The predicted octanol–water partition coefficient (Wildman–Crippen LogP) is 6.96. The van der Waals surface area contributed by atoms with E-state index in [1.54, 1.807) is 13.3 Å². The number of anilines is 1. The smallest absolute Gasteiger partial charge is 0.187 e. The average molecular weight is 421 g/mol. The van der Waals surface area contributed by atoms with Gasteiger partial charge in [-0.15, -0.1) is 0 Å². The van der Waals surface area contributed by atoms with Gasteiger partial charge in [0.2, 0.25) is 0 Å². The number of hydrogen-bond acceptors (Lipinski definition) is 4. The molecule has 4 nitrogen and oxygen atoms in total. The SMILES string of the molecule is COc1ccc(Oc2ccc(N/C=C/C(=O)c3ccc(-c4ccccc4)cc3)cc2)cc1. The van der Waals surface area contributed by atoms with E-state index in [9.17, 15) is 4.79 Å². The summed E-state index contributed by atoms with van der Waals surface area (Å²) in [5.74, 6) is 2.18.